The number of benzene rings is 2. The van der Waals surface area contributed by atoms with Crippen LogP contribution in [0.4, 0.5) is 11.5 Å². The Morgan fingerprint density at radius 3 is 2.50 bits per heavy atom. The lowest BCUT2D eigenvalue weighted by atomic mass is 10.3. The third-order valence-corrected chi connectivity index (χ3v) is 6.08. The zero-order valence-electron chi connectivity index (χ0n) is 15.3. The van der Waals surface area contributed by atoms with Crippen molar-refractivity contribution in [3.8, 4) is 5.75 Å². The Bertz CT molecular complexity index is 1160. The summed E-state index contributed by atoms with van der Waals surface area (Å²) in [5, 5.41) is 6.87. The van der Waals surface area contributed by atoms with E-state index in [1.165, 1.54) is 36.4 Å². The van der Waals surface area contributed by atoms with Crippen molar-refractivity contribution in [1.29, 1.82) is 0 Å². The maximum Gasteiger partial charge on any atom is 0.263 e. The van der Waals surface area contributed by atoms with E-state index in [9.17, 15) is 13.2 Å². The van der Waals surface area contributed by atoms with Gasteiger partial charge in [-0.3, -0.25) is 9.52 Å². The van der Waals surface area contributed by atoms with Gasteiger partial charge in [0.05, 0.1) is 14.4 Å². The van der Waals surface area contributed by atoms with E-state index in [1.54, 1.807) is 13.0 Å². The molecule has 0 aliphatic heterocycles. The zero-order chi connectivity index (χ0) is 21.9. The van der Waals surface area contributed by atoms with Gasteiger partial charge in [-0.2, -0.15) is 0 Å². The van der Waals surface area contributed by atoms with Crippen molar-refractivity contribution in [2.45, 2.75) is 11.8 Å². The third-order valence-electron chi connectivity index (χ3n) is 3.63. The van der Waals surface area contributed by atoms with Crippen LogP contribution in [0.3, 0.4) is 0 Å². The smallest absolute Gasteiger partial charge is 0.263 e. The van der Waals surface area contributed by atoms with E-state index in [0.29, 0.717) is 20.9 Å². The third kappa shape index (κ3) is 5.66. The molecule has 0 atom stereocenters. The summed E-state index contributed by atoms with van der Waals surface area (Å²) in [7, 11) is -3.85. The molecule has 158 valence electrons. The lowest BCUT2D eigenvalue weighted by molar-refractivity contribution is -0.118. The van der Waals surface area contributed by atoms with Crippen molar-refractivity contribution in [3.63, 3.8) is 0 Å². The van der Waals surface area contributed by atoms with E-state index < -0.39 is 15.9 Å². The molecule has 0 fully saturated rings. The van der Waals surface area contributed by atoms with Gasteiger partial charge in [0.1, 0.15) is 5.76 Å². The lowest BCUT2D eigenvalue weighted by Gasteiger charge is -2.11. The molecule has 12 heteroatoms. The highest BCUT2D eigenvalue weighted by molar-refractivity contribution is 9.10. The van der Waals surface area contributed by atoms with Crippen molar-refractivity contribution < 1.29 is 22.5 Å². The number of carbonyl (C=O) groups is 1. The number of nitrogens with one attached hydrogen (secondary N) is 2. The van der Waals surface area contributed by atoms with Crippen molar-refractivity contribution in [1.82, 2.24) is 5.16 Å². The van der Waals surface area contributed by atoms with Gasteiger partial charge in [0, 0.05) is 16.8 Å². The predicted octanol–water partition coefficient (Wildman–Crippen LogP) is 4.87. The normalized spacial score (nSPS) is 11.2. The summed E-state index contributed by atoms with van der Waals surface area (Å²) in [5.74, 6) is 0.375. The van der Waals surface area contributed by atoms with Gasteiger partial charge in [0.15, 0.2) is 18.2 Å². The number of halogens is 3. The summed E-state index contributed by atoms with van der Waals surface area (Å²) < 4.78 is 37.8. The van der Waals surface area contributed by atoms with Crippen LogP contribution in [-0.2, 0) is 14.8 Å². The SMILES string of the molecule is Cc1cc(NS(=O)(=O)c2ccc(NC(=O)COc3c(Cl)cc(Cl)cc3Br)cc2)no1. The second-order valence-corrected chi connectivity index (χ2v) is 9.37. The molecule has 3 aromatic rings. The number of hydrogen-bond donors (Lipinski definition) is 2. The number of anilines is 2. The van der Waals surface area contributed by atoms with Crippen molar-refractivity contribution in [3.05, 3.63) is 62.7 Å². The van der Waals surface area contributed by atoms with Crippen LogP contribution in [0.1, 0.15) is 5.76 Å². The number of hydrogen-bond acceptors (Lipinski definition) is 6. The molecule has 0 aliphatic carbocycles. The number of rotatable bonds is 7. The predicted molar refractivity (Wildman–Crippen MR) is 117 cm³/mol. The first-order valence-electron chi connectivity index (χ1n) is 8.27. The molecule has 3 rings (SSSR count). The fraction of sp³-hybridized carbons (Fsp3) is 0.111. The van der Waals surface area contributed by atoms with Gasteiger partial charge in [0.2, 0.25) is 0 Å². The molecule has 2 N–H and O–H groups in total. The Kier molecular flexibility index (Phi) is 6.91. The van der Waals surface area contributed by atoms with E-state index >= 15 is 0 Å². The van der Waals surface area contributed by atoms with Gasteiger partial charge in [-0.15, -0.1) is 0 Å². The molecule has 0 bridgehead atoms. The number of aryl methyl sites for hydroxylation is 1. The van der Waals surface area contributed by atoms with Gasteiger partial charge in [-0.1, -0.05) is 28.4 Å². The van der Waals surface area contributed by atoms with Crippen LogP contribution in [0.25, 0.3) is 0 Å². The summed E-state index contributed by atoms with van der Waals surface area (Å²) in [6, 6.07) is 10.1. The Labute approximate surface area is 190 Å². The van der Waals surface area contributed by atoms with Crippen molar-refractivity contribution in [2.75, 3.05) is 16.6 Å². The molecule has 0 saturated carbocycles. The first kappa shape index (κ1) is 22.4. The van der Waals surface area contributed by atoms with Crippen LogP contribution in [0.5, 0.6) is 5.75 Å². The Hall–Kier alpha value is -2.27. The average Bonchev–Trinajstić information content (AvgIpc) is 3.05. The number of aromatic nitrogens is 1. The van der Waals surface area contributed by atoms with Gasteiger partial charge in [0.25, 0.3) is 15.9 Å². The topological polar surface area (TPSA) is 111 Å². The van der Waals surface area contributed by atoms with Crippen molar-refractivity contribution in [2.24, 2.45) is 0 Å². The van der Waals surface area contributed by atoms with Crippen molar-refractivity contribution >= 4 is 66.6 Å². The molecule has 0 aliphatic rings. The van der Waals surface area contributed by atoms with E-state index in [2.05, 4.69) is 31.1 Å². The van der Waals surface area contributed by atoms with Crippen LogP contribution in [-0.4, -0.2) is 26.1 Å². The molecule has 2 aromatic carbocycles. The fourth-order valence-corrected chi connectivity index (χ4v) is 4.68. The van der Waals surface area contributed by atoms with E-state index in [0.717, 1.165) is 0 Å². The highest BCUT2D eigenvalue weighted by atomic mass is 79.9. The Morgan fingerprint density at radius 1 is 1.20 bits per heavy atom. The molecule has 1 amide bonds. The van der Waals surface area contributed by atoms with Gasteiger partial charge in [-0.25, -0.2) is 8.42 Å². The van der Waals surface area contributed by atoms with Crippen LogP contribution in [0, 0.1) is 6.92 Å². The Balaban J connectivity index is 1.60. The lowest BCUT2D eigenvalue weighted by Crippen LogP contribution is -2.20. The summed E-state index contributed by atoms with van der Waals surface area (Å²) in [6.07, 6.45) is 0. The average molecular weight is 535 g/mol. The number of sulfonamides is 1. The van der Waals surface area contributed by atoms with Crippen LogP contribution >= 0.6 is 39.1 Å². The maximum absolute atomic E-state index is 12.4. The molecule has 1 aromatic heterocycles. The second-order valence-electron chi connectivity index (χ2n) is 5.99. The molecular formula is C18H14BrCl2N3O5S. The largest absolute Gasteiger partial charge is 0.481 e. The number of amides is 1. The summed E-state index contributed by atoms with van der Waals surface area (Å²) >= 11 is 15.2. The number of carbonyl (C=O) groups excluding carboxylic acids is 1. The summed E-state index contributed by atoms with van der Waals surface area (Å²) in [5.41, 5.74) is 0.390. The first-order valence-corrected chi connectivity index (χ1v) is 11.3. The van der Waals surface area contributed by atoms with E-state index in [4.69, 9.17) is 32.5 Å². The van der Waals surface area contributed by atoms with Crippen LogP contribution < -0.4 is 14.8 Å². The highest BCUT2D eigenvalue weighted by Gasteiger charge is 2.17. The second kappa shape index (κ2) is 9.25. The molecule has 0 unspecified atom stereocenters. The molecule has 0 spiro atoms. The van der Waals surface area contributed by atoms with Crippen LogP contribution in [0.2, 0.25) is 10.0 Å². The van der Waals surface area contributed by atoms with Gasteiger partial charge in [-0.05, 0) is 59.3 Å². The minimum Gasteiger partial charge on any atom is -0.481 e. The molecular weight excluding hydrogens is 521 g/mol. The maximum atomic E-state index is 12.4. The molecule has 8 nitrogen and oxygen atoms in total. The fourth-order valence-electron chi connectivity index (χ4n) is 2.33. The monoisotopic (exact) mass is 533 g/mol. The minimum atomic E-state index is -3.85. The standard InChI is InChI=1S/C18H14BrCl2N3O5S/c1-10-6-16(23-29-10)24-30(26,27)13-4-2-12(3-5-13)22-17(25)9-28-18-14(19)7-11(20)8-15(18)21/h2-8H,9H2,1H3,(H,22,25)(H,23,24). The van der Waals surface area contributed by atoms with Gasteiger partial charge < -0.3 is 14.6 Å². The number of ether oxygens (including phenoxy) is 1. The Morgan fingerprint density at radius 2 is 1.90 bits per heavy atom. The highest BCUT2D eigenvalue weighted by Crippen LogP contribution is 2.36. The zero-order valence-corrected chi connectivity index (χ0v) is 19.2. The molecule has 1 heterocycles. The summed E-state index contributed by atoms with van der Waals surface area (Å²) in [4.78, 5) is 12.1. The molecule has 0 radical (unpaired) electrons. The molecule has 30 heavy (non-hydrogen) atoms. The first-order chi connectivity index (χ1) is 14.1. The van der Waals surface area contributed by atoms with E-state index in [-0.39, 0.29) is 28.1 Å². The quantitative estimate of drug-likeness (QED) is 0.447. The molecule has 0 saturated heterocycles. The van der Waals surface area contributed by atoms with Crippen LogP contribution in [0.15, 0.2) is 56.4 Å². The van der Waals surface area contributed by atoms with Gasteiger partial charge >= 0.3 is 0 Å². The van der Waals surface area contributed by atoms with E-state index in [1.807, 2.05) is 0 Å². The number of nitrogens with zero attached hydrogens (tertiary/aromatic N) is 1. The summed E-state index contributed by atoms with van der Waals surface area (Å²) in [6.45, 7) is 1.33. The minimum absolute atomic E-state index is 0.00530.